The normalized spacial score (nSPS) is 13.8. The van der Waals surface area contributed by atoms with Crippen molar-refractivity contribution in [3.05, 3.63) is 45.6 Å². The number of carbonyl (C=O) groups excluding carboxylic acids is 1. The van der Waals surface area contributed by atoms with E-state index in [2.05, 4.69) is 0 Å². The third-order valence-electron chi connectivity index (χ3n) is 4.22. The summed E-state index contributed by atoms with van der Waals surface area (Å²) in [6.07, 6.45) is 2.60. The maximum Gasteiger partial charge on any atom is 0.338 e. The van der Waals surface area contributed by atoms with E-state index < -0.39 is 29.8 Å². The highest BCUT2D eigenvalue weighted by molar-refractivity contribution is 14.1. The van der Waals surface area contributed by atoms with E-state index in [4.69, 9.17) is 14.9 Å². The Morgan fingerprint density at radius 1 is 1.14 bits per heavy atom. The van der Waals surface area contributed by atoms with Crippen LogP contribution in [0.4, 0.5) is 0 Å². The molecule has 0 saturated heterocycles. The van der Waals surface area contributed by atoms with Crippen molar-refractivity contribution in [1.82, 2.24) is 4.90 Å². The SMILES string of the molecule is C[C@H](C/C=C(/I)[C@H](C)C(=O)N(C)C(C(=O)O)C(=O)O)COCc1ccccc1. The van der Waals surface area contributed by atoms with Gasteiger partial charge in [-0.2, -0.15) is 0 Å². The maximum absolute atomic E-state index is 12.4. The van der Waals surface area contributed by atoms with Crippen LogP contribution >= 0.6 is 22.6 Å². The molecular weight excluding hydrogens is 477 g/mol. The van der Waals surface area contributed by atoms with Gasteiger partial charge in [-0.25, -0.2) is 9.59 Å². The van der Waals surface area contributed by atoms with Gasteiger partial charge in [-0.05, 0) is 51.0 Å². The van der Waals surface area contributed by atoms with Gasteiger partial charge in [0.2, 0.25) is 11.9 Å². The molecule has 0 aliphatic rings. The Morgan fingerprint density at radius 2 is 1.71 bits per heavy atom. The number of likely N-dealkylation sites (N-methyl/N-ethyl adjacent to an activating group) is 1. The highest BCUT2D eigenvalue weighted by Crippen LogP contribution is 2.23. The summed E-state index contributed by atoms with van der Waals surface area (Å²) < 4.78 is 6.44. The molecule has 0 aliphatic carbocycles. The molecule has 0 aromatic heterocycles. The van der Waals surface area contributed by atoms with Gasteiger partial charge in [-0.3, -0.25) is 4.79 Å². The highest BCUT2D eigenvalue weighted by Gasteiger charge is 2.35. The van der Waals surface area contributed by atoms with Crippen molar-refractivity contribution in [1.29, 1.82) is 0 Å². The number of hydrogen-bond donors (Lipinski definition) is 2. The number of halogens is 1. The first-order valence-corrected chi connectivity index (χ1v) is 9.92. The predicted octanol–water partition coefficient (Wildman–Crippen LogP) is 3.18. The van der Waals surface area contributed by atoms with Gasteiger partial charge >= 0.3 is 11.9 Å². The monoisotopic (exact) mass is 503 g/mol. The molecule has 8 heteroatoms. The van der Waals surface area contributed by atoms with Crippen LogP contribution < -0.4 is 0 Å². The van der Waals surface area contributed by atoms with Crippen LogP contribution in [0.3, 0.4) is 0 Å². The predicted molar refractivity (Wildman–Crippen MR) is 113 cm³/mol. The summed E-state index contributed by atoms with van der Waals surface area (Å²) in [7, 11) is 1.19. The number of ether oxygens (including phenoxy) is 1. The van der Waals surface area contributed by atoms with Crippen LogP contribution in [0, 0.1) is 11.8 Å². The lowest BCUT2D eigenvalue weighted by atomic mass is 10.0. The Hall–Kier alpha value is -1.94. The smallest absolute Gasteiger partial charge is 0.338 e. The molecule has 0 unspecified atom stereocenters. The molecular formula is C20H26INO6. The van der Waals surface area contributed by atoms with E-state index in [1.807, 2.05) is 65.9 Å². The van der Waals surface area contributed by atoms with E-state index in [0.29, 0.717) is 19.6 Å². The molecule has 0 fully saturated rings. The summed E-state index contributed by atoms with van der Waals surface area (Å²) >= 11 is 2.03. The minimum Gasteiger partial charge on any atom is -0.479 e. The maximum atomic E-state index is 12.4. The quantitative estimate of drug-likeness (QED) is 0.355. The molecule has 1 amide bonds. The van der Waals surface area contributed by atoms with Gasteiger partial charge in [0.25, 0.3) is 0 Å². The zero-order valence-corrected chi connectivity index (χ0v) is 18.3. The van der Waals surface area contributed by atoms with Crippen molar-refractivity contribution >= 4 is 40.4 Å². The molecule has 0 radical (unpaired) electrons. The summed E-state index contributed by atoms with van der Waals surface area (Å²) in [6.45, 7) is 4.78. The van der Waals surface area contributed by atoms with Crippen molar-refractivity contribution in [2.24, 2.45) is 11.8 Å². The summed E-state index contributed by atoms with van der Waals surface area (Å²) in [5, 5.41) is 18.0. The van der Waals surface area contributed by atoms with E-state index >= 15 is 0 Å². The van der Waals surface area contributed by atoms with Crippen molar-refractivity contribution in [3.63, 3.8) is 0 Å². The fraction of sp³-hybridized carbons (Fsp3) is 0.450. The average molecular weight is 503 g/mol. The van der Waals surface area contributed by atoms with Crippen molar-refractivity contribution < 1.29 is 29.3 Å². The molecule has 154 valence electrons. The second kappa shape index (κ2) is 11.8. The Morgan fingerprint density at radius 3 is 2.25 bits per heavy atom. The summed E-state index contributed by atoms with van der Waals surface area (Å²) in [5.41, 5.74) is 1.11. The van der Waals surface area contributed by atoms with E-state index in [-0.39, 0.29) is 5.92 Å². The van der Waals surface area contributed by atoms with E-state index in [1.165, 1.54) is 7.05 Å². The number of hydrogen-bond acceptors (Lipinski definition) is 4. The molecule has 7 nitrogen and oxygen atoms in total. The van der Waals surface area contributed by atoms with Gasteiger partial charge in [-0.1, -0.05) is 43.3 Å². The molecule has 0 saturated carbocycles. The van der Waals surface area contributed by atoms with E-state index in [0.717, 1.165) is 14.0 Å². The summed E-state index contributed by atoms with van der Waals surface area (Å²) in [4.78, 5) is 35.4. The number of amides is 1. The van der Waals surface area contributed by atoms with Gasteiger partial charge in [0.15, 0.2) is 0 Å². The average Bonchev–Trinajstić information content (AvgIpc) is 2.65. The zero-order chi connectivity index (χ0) is 21.3. The molecule has 2 N–H and O–H groups in total. The van der Waals surface area contributed by atoms with Gasteiger partial charge in [0, 0.05) is 13.7 Å². The molecule has 0 heterocycles. The number of benzene rings is 1. The summed E-state index contributed by atoms with van der Waals surface area (Å²) in [5.74, 6) is -4.08. The number of nitrogens with zero attached hydrogens (tertiary/aromatic N) is 1. The van der Waals surface area contributed by atoms with Crippen LogP contribution in [-0.4, -0.2) is 52.7 Å². The van der Waals surface area contributed by atoms with Crippen LogP contribution in [0.2, 0.25) is 0 Å². The zero-order valence-electron chi connectivity index (χ0n) is 16.2. The van der Waals surface area contributed by atoms with Gasteiger partial charge in [-0.15, -0.1) is 0 Å². The lowest BCUT2D eigenvalue weighted by Gasteiger charge is -2.24. The number of carboxylic acids is 2. The fourth-order valence-corrected chi connectivity index (χ4v) is 3.02. The minimum absolute atomic E-state index is 0.235. The van der Waals surface area contributed by atoms with Crippen molar-refractivity contribution in [2.75, 3.05) is 13.7 Å². The second-order valence-electron chi connectivity index (χ2n) is 6.68. The topological polar surface area (TPSA) is 104 Å². The number of carbonyl (C=O) groups is 3. The van der Waals surface area contributed by atoms with Gasteiger partial charge in [0.05, 0.1) is 12.5 Å². The molecule has 1 rings (SSSR count). The van der Waals surface area contributed by atoms with Crippen LogP contribution in [0.25, 0.3) is 0 Å². The van der Waals surface area contributed by atoms with Crippen LogP contribution in [-0.2, 0) is 25.7 Å². The number of allylic oxidation sites excluding steroid dienone is 1. The van der Waals surface area contributed by atoms with Crippen molar-refractivity contribution in [2.45, 2.75) is 32.9 Å². The molecule has 2 atom stereocenters. The Labute approximate surface area is 178 Å². The van der Waals surface area contributed by atoms with Crippen LogP contribution in [0.1, 0.15) is 25.8 Å². The van der Waals surface area contributed by atoms with Crippen LogP contribution in [0.15, 0.2) is 40.0 Å². The van der Waals surface area contributed by atoms with Gasteiger partial charge < -0.3 is 19.8 Å². The van der Waals surface area contributed by atoms with E-state index in [9.17, 15) is 14.4 Å². The largest absolute Gasteiger partial charge is 0.479 e. The van der Waals surface area contributed by atoms with E-state index in [1.54, 1.807) is 6.92 Å². The molecule has 1 aromatic rings. The third kappa shape index (κ3) is 7.59. The molecule has 0 spiro atoms. The number of rotatable bonds is 11. The molecule has 0 aliphatic heterocycles. The third-order valence-corrected chi connectivity index (χ3v) is 5.59. The Balaban J connectivity index is 2.55. The molecule has 28 heavy (non-hydrogen) atoms. The first kappa shape index (κ1) is 24.1. The van der Waals surface area contributed by atoms with Crippen molar-refractivity contribution in [3.8, 4) is 0 Å². The summed E-state index contributed by atoms with van der Waals surface area (Å²) in [6, 6.07) is 7.97. The molecule has 1 aromatic carbocycles. The second-order valence-corrected chi connectivity index (χ2v) is 7.93. The first-order chi connectivity index (χ1) is 13.1. The Kier molecular flexibility index (Phi) is 10.2. The Bertz CT molecular complexity index is 692. The fourth-order valence-electron chi connectivity index (χ4n) is 2.50. The minimum atomic E-state index is -1.90. The van der Waals surface area contributed by atoms with Crippen LogP contribution in [0.5, 0.6) is 0 Å². The standard InChI is InChI=1S/C20H26INO6/c1-13(11-28-12-15-7-5-4-6-8-15)9-10-16(21)14(2)18(23)22(3)17(19(24)25)20(26)27/h4-8,10,13-14,17H,9,11-12H2,1-3H3,(H,24,25)(H,26,27)/b16-10+/t13-,14+/m1/s1. The lowest BCUT2D eigenvalue weighted by molar-refractivity contribution is -0.161. The van der Waals surface area contributed by atoms with Gasteiger partial charge in [0.1, 0.15) is 0 Å². The first-order valence-electron chi connectivity index (χ1n) is 8.84. The highest BCUT2D eigenvalue weighted by atomic mass is 127. The number of carboxylic acid groups (broad SMARTS) is 2. The number of aliphatic carboxylic acids is 2. The molecule has 0 bridgehead atoms. The lowest BCUT2D eigenvalue weighted by Crippen LogP contribution is -2.49.